The Kier molecular flexibility index (Phi) is 5.61. The highest BCUT2D eigenvalue weighted by Gasteiger charge is 2.34. The molecule has 3 heteroatoms. The molecule has 28 heavy (non-hydrogen) atoms. The van der Waals surface area contributed by atoms with Crippen LogP contribution in [0.4, 0.5) is 0 Å². The fourth-order valence-electron chi connectivity index (χ4n) is 4.17. The summed E-state index contributed by atoms with van der Waals surface area (Å²) in [6.45, 7) is 2.63. The topological polar surface area (TPSA) is 29.5 Å². The molecule has 4 rings (SSSR count). The van der Waals surface area contributed by atoms with Gasteiger partial charge in [-0.05, 0) is 55.2 Å². The molecule has 1 aliphatic carbocycles. The van der Waals surface area contributed by atoms with Crippen molar-refractivity contribution < 1.29 is 9.53 Å². The van der Waals surface area contributed by atoms with Crippen LogP contribution in [0.25, 0.3) is 11.8 Å². The zero-order chi connectivity index (χ0) is 19.3. The molecule has 2 aromatic carbocycles. The Bertz CT molecular complexity index is 875. The standard InChI is InChI=1S/C25H27NO2/c1-2-28-23-15-13-19(14-16-23)17-21-18-24(20-9-5-3-6-10-20)26(25(21)27)22-11-7-4-8-12-22/h3,5-6,9-10,13-18,22H,2,4,7-8,11-12H2,1H3/b21-17+. The summed E-state index contributed by atoms with van der Waals surface area (Å²) in [4.78, 5) is 15.4. The molecule has 0 N–H and O–H groups in total. The second-order valence-electron chi connectivity index (χ2n) is 7.46. The van der Waals surface area contributed by atoms with Gasteiger partial charge < -0.3 is 9.64 Å². The fourth-order valence-corrected chi connectivity index (χ4v) is 4.17. The molecular formula is C25H27NO2. The lowest BCUT2D eigenvalue weighted by atomic mass is 9.93. The minimum Gasteiger partial charge on any atom is -0.494 e. The average Bonchev–Trinajstić information content (AvgIpc) is 3.07. The third-order valence-electron chi connectivity index (χ3n) is 5.54. The Morgan fingerprint density at radius 3 is 2.39 bits per heavy atom. The smallest absolute Gasteiger partial charge is 0.258 e. The van der Waals surface area contributed by atoms with Gasteiger partial charge in [-0.1, -0.05) is 61.7 Å². The first-order valence-corrected chi connectivity index (χ1v) is 10.3. The molecule has 1 heterocycles. The summed E-state index contributed by atoms with van der Waals surface area (Å²) in [7, 11) is 0. The number of nitrogens with zero attached hydrogens (tertiary/aromatic N) is 1. The van der Waals surface area contributed by atoms with Crippen LogP contribution in [0.5, 0.6) is 5.75 Å². The maximum absolute atomic E-state index is 13.3. The van der Waals surface area contributed by atoms with Crippen LogP contribution in [0.2, 0.25) is 0 Å². The highest BCUT2D eigenvalue weighted by Crippen LogP contribution is 2.36. The van der Waals surface area contributed by atoms with Crippen molar-refractivity contribution in [1.82, 2.24) is 4.90 Å². The number of hydrogen-bond acceptors (Lipinski definition) is 2. The molecule has 2 aliphatic rings. The Morgan fingerprint density at radius 1 is 1.00 bits per heavy atom. The summed E-state index contributed by atoms with van der Waals surface area (Å²) < 4.78 is 5.52. The van der Waals surface area contributed by atoms with Gasteiger partial charge in [0, 0.05) is 11.6 Å². The van der Waals surface area contributed by atoms with Gasteiger partial charge in [-0.25, -0.2) is 0 Å². The van der Waals surface area contributed by atoms with E-state index in [9.17, 15) is 4.79 Å². The Morgan fingerprint density at radius 2 is 1.71 bits per heavy atom. The molecule has 0 bridgehead atoms. The zero-order valence-corrected chi connectivity index (χ0v) is 16.4. The Balaban J connectivity index is 1.67. The van der Waals surface area contributed by atoms with Crippen molar-refractivity contribution in [3.8, 4) is 5.75 Å². The molecule has 0 saturated heterocycles. The third kappa shape index (κ3) is 3.89. The molecule has 0 radical (unpaired) electrons. The molecule has 1 amide bonds. The molecule has 144 valence electrons. The van der Waals surface area contributed by atoms with E-state index in [4.69, 9.17) is 4.74 Å². The number of ether oxygens (including phenoxy) is 1. The summed E-state index contributed by atoms with van der Waals surface area (Å²) in [5.41, 5.74) is 3.92. The van der Waals surface area contributed by atoms with Crippen LogP contribution in [-0.2, 0) is 4.79 Å². The average molecular weight is 373 g/mol. The van der Waals surface area contributed by atoms with E-state index in [-0.39, 0.29) is 5.91 Å². The molecule has 1 aliphatic heterocycles. The first-order valence-electron chi connectivity index (χ1n) is 10.3. The van der Waals surface area contributed by atoms with Crippen LogP contribution in [0.3, 0.4) is 0 Å². The summed E-state index contributed by atoms with van der Waals surface area (Å²) >= 11 is 0. The number of carbonyl (C=O) groups excluding carboxylic acids is 1. The quantitative estimate of drug-likeness (QED) is 0.631. The molecule has 1 fully saturated rings. The van der Waals surface area contributed by atoms with Crippen molar-refractivity contribution in [2.45, 2.75) is 45.1 Å². The minimum absolute atomic E-state index is 0.125. The van der Waals surface area contributed by atoms with Gasteiger partial charge in [-0.3, -0.25) is 4.79 Å². The second-order valence-corrected chi connectivity index (χ2v) is 7.46. The Hall–Kier alpha value is -2.81. The molecule has 0 aromatic heterocycles. The lowest BCUT2D eigenvalue weighted by Gasteiger charge is -2.33. The van der Waals surface area contributed by atoms with Gasteiger partial charge in [-0.15, -0.1) is 0 Å². The van der Waals surface area contributed by atoms with Gasteiger partial charge in [-0.2, -0.15) is 0 Å². The SMILES string of the molecule is CCOc1ccc(/C=C2\C=C(c3ccccc3)N(C3CCCCC3)C2=O)cc1. The van der Waals surface area contributed by atoms with Crippen LogP contribution in [0.1, 0.15) is 50.2 Å². The predicted molar refractivity (Wildman–Crippen MR) is 114 cm³/mol. The van der Waals surface area contributed by atoms with E-state index in [1.807, 2.05) is 55.5 Å². The third-order valence-corrected chi connectivity index (χ3v) is 5.54. The highest BCUT2D eigenvalue weighted by atomic mass is 16.5. The summed E-state index contributed by atoms with van der Waals surface area (Å²) in [5, 5.41) is 0. The molecule has 2 aromatic rings. The van der Waals surface area contributed by atoms with Gasteiger partial charge in [0.05, 0.1) is 12.3 Å². The van der Waals surface area contributed by atoms with Crippen LogP contribution < -0.4 is 4.74 Å². The molecule has 0 spiro atoms. The first-order chi connectivity index (χ1) is 13.8. The van der Waals surface area contributed by atoms with Gasteiger partial charge in [0.25, 0.3) is 5.91 Å². The number of carbonyl (C=O) groups is 1. The van der Waals surface area contributed by atoms with Gasteiger partial charge >= 0.3 is 0 Å². The molecule has 1 saturated carbocycles. The van der Waals surface area contributed by atoms with E-state index >= 15 is 0 Å². The van der Waals surface area contributed by atoms with Crippen LogP contribution in [0, 0.1) is 0 Å². The second kappa shape index (κ2) is 8.47. The highest BCUT2D eigenvalue weighted by molar-refractivity contribution is 6.11. The van der Waals surface area contributed by atoms with Crippen molar-refractivity contribution >= 4 is 17.7 Å². The first kappa shape index (κ1) is 18.5. The van der Waals surface area contributed by atoms with Crippen LogP contribution in [-0.4, -0.2) is 23.5 Å². The monoisotopic (exact) mass is 373 g/mol. The lowest BCUT2D eigenvalue weighted by Crippen LogP contribution is -2.37. The van der Waals surface area contributed by atoms with Crippen molar-refractivity contribution in [2.24, 2.45) is 0 Å². The molecular weight excluding hydrogens is 346 g/mol. The number of amides is 1. The number of hydrogen-bond donors (Lipinski definition) is 0. The minimum atomic E-state index is 0.125. The lowest BCUT2D eigenvalue weighted by molar-refractivity contribution is -0.125. The van der Waals surface area contributed by atoms with Gasteiger partial charge in [0.1, 0.15) is 5.75 Å². The van der Waals surface area contributed by atoms with Gasteiger partial charge in [0.15, 0.2) is 0 Å². The van der Waals surface area contributed by atoms with Gasteiger partial charge in [0.2, 0.25) is 0 Å². The predicted octanol–water partition coefficient (Wildman–Crippen LogP) is 5.68. The number of rotatable bonds is 5. The van der Waals surface area contributed by atoms with Crippen LogP contribution >= 0.6 is 0 Å². The molecule has 0 atom stereocenters. The van der Waals surface area contributed by atoms with E-state index in [1.165, 1.54) is 19.3 Å². The van der Waals surface area contributed by atoms with Crippen molar-refractivity contribution in [3.63, 3.8) is 0 Å². The van der Waals surface area contributed by atoms with Crippen molar-refractivity contribution in [1.29, 1.82) is 0 Å². The number of benzene rings is 2. The summed E-state index contributed by atoms with van der Waals surface area (Å²) in [5.74, 6) is 0.978. The van der Waals surface area contributed by atoms with Crippen LogP contribution in [0.15, 0.2) is 66.2 Å². The summed E-state index contributed by atoms with van der Waals surface area (Å²) in [6.07, 6.45) is 9.91. The van der Waals surface area contributed by atoms with E-state index in [0.717, 1.165) is 41.0 Å². The molecule has 0 unspecified atom stereocenters. The van der Waals surface area contributed by atoms with E-state index in [1.54, 1.807) is 0 Å². The maximum Gasteiger partial charge on any atom is 0.258 e. The fraction of sp³-hybridized carbons (Fsp3) is 0.320. The zero-order valence-electron chi connectivity index (χ0n) is 16.4. The molecule has 3 nitrogen and oxygen atoms in total. The van der Waals surface area contributed by atoms with Crippen molar-refractivity contribution in [2.75, 3.05) is 6.61 Å². The van der Waals surface area contributed by atoms with E-state index in [2.05, 4.69) is 23.1 Å². The Labute approximate surface area is 167 Å². The van der Waals surface area contributed by atoms with Crippen molar-refractivity contribution in [3.05, 3.63) is 77.4 Å². The van der Waals surface area contributed by atoms with E-state index < -0.39 is 0 Å². The van der Waals surface area contributed by atoms with E-state index in [0.29, 0.717) is 12.6 Å². The summed E-state index contributed by atoms with van der Waals surface area (Å²) in [6, 6.07) is 18.5. The maximum atomic E-state index is 13.3. The largest absolute Gasteiger partial charge is 0.494 e. The normalized spacial score (nSPS) is 19.2.